The summed E-state index contributed by atoms with van der Waals surface area (Å²) in [4.78, 5) is 6.75. The molecule has 0 unspecified atom stereocenters. The van der Waals surface area contributed by atoms with Crippen molar-refractivity contribution in [1.29, 1.82) is 0 Å². The normalized spacial score (nSPS) is 19.1. The number of rotatable bonds is 6. The summed E-state index contributed by atoms with van der Waals surface area (Å²) in [6.07, 6.45) is 4.56. The van der Waals surface area contributed by atoms with Gasteiger partial charge in [0.15, 0.2) is 5.11 Å². The van der Waals surface area contributed by atoms with E-state index in [9.17, 15) is 5.11 Å². The molecule has 6 heteroatoms. The average Bonchev–Trinajstić information content (AvgIpc) is 3.32. The maximum Gasteiger partial charge on any atom is 0.170 e. The summed E-state index contributed by atoms with van der Waals surface area (Å²) >= 11 is 5.66. The van der Waals surface area contributed by atoms with Crippen LogP contribution < -0.4 is 5.32 Å². The lowest BCUT2D eigenvalue weighted by Crippen LogP contribution is -2.31. The van der Waals surface area contributed by atoms with E-state index >= 15 is 0 Å². The van der Waals surface area contributed by atoms with E-state index in [1.807, 2.05) is 24.4 Å². The first-order valence-electron chi connectivity index (χ1n) is 9.52. The number of nitrogens with zero attached hydrogens (tertiary/aromatic N) is 3. The smallest absolute Gasteiger partial charge is 0.170 e. The van der Waals surface area contributed by atoms with E-state index in [0.717, 1.165) is 17.1 Å². The van der Waals surface area contributed by atoms with E-state index in [-0.39, 0.29) is 18.7 Å². The number of hydrogen-bond acceptors (Lipinski definition) is 3. The molecule has 2 aromatic heterocycles. The molecule has 1 aliphatic heterocycles. The number of aliphatic hydroxyl groups excluding tert-OH is 1. The molecule has 144 valence electrons. The molecule has 4 rings (SSSR count). The molecule has 28 heavy (non-hydrogen) atoms. The summed E-state index contributed by atoms with van der Waals surface area (Å²) in [6, 6.07) is 18.6. The minimum atomic E-state index is -0.0495. The minimum absolute atomic E-state index is 0.00902. The third-order valence-electron chi connectivity index (χ3n) is 5.15. The third kappa shape index (κ3) is 3.53. The Hall–Kier alpha value is -2.70. The van der Waals surface area contributed by atoms with Gasteiger partial charge in [0, 0.05) is 36.9 Å². The van der Waals surface area contributed by atoms with Crippen LogP contribution in [0.2, 0.25) is 0 Å². The third-order valence-corrected chi connectivity index (χ3v) is 5.50. The van der Waals surface area contributed by atoms with Crippen molar-refractivity contribution in [1.82, 2.24) is 19.8 Å². The zero-order valence-electron chi connectivity index (χ0n) is 15.8. The molecule has 1 saturated heterocycles. The summed E-state index contributed by atoms with van der Waals surface area (Å²) in [5.41, 5.74) is 4.45. The number of nitrogens with one attached hydrogen (secondary N) is 1. The first-order chi connectivity index (χ1) is 13.7. The van der Waals surface area contributed by atoms with Gasteiger partial charge in [-0.15, -0.1) is 0 Å². The van der Waals surface area contributed by atoms with Gasteiger partial charge in [0.2, 0.25) is 0 Å². The molecular weight excluding hydrogens is 368 g/mol. The van der Waals surface area contributed by atoms with Crippen LogP contribution >= 0.6 is 12.2 Å². The fourth-order valence-electron chi connectivity index (χ4n) is 3.78. The second-order valence-electron chi connectivity index (χ2n) is 7.04. The van der Waals surface area contributed by atoms with Gasteiger partial charge in [0.1, 0.15) is 0 Å². The van der Waals surface area contributed by atoms with E-state index < -0.39 is 0 Å². The fraction of sp³-hybridized carbons (Fsp3) is 0.273. The lowest BCUT2D eigenvalue weighted by Gasteiger charge is -2.28. The molecule has 0 aliphatic carbocycles. The highest BCUT2D eigenvalue weighted by atomic mass is 32.1. The molecule has 2 N–H and O–H groups in total. The largest absolute Gasteiger partial charge is 0.396 e. The molecule has 0 radical (unpaired) electrons. The second-order valence-corrected chi connectivity index (χ2v) is 7.42. The van der Waals surface area contributed by atoms with Gasteiger partial charge < -0.3 is 19.9 Å². The molecule has 1 aromatic carbocycles. The zero-order valence-corrected chi connectivity index (χ0v) is 16.6. The molecule has 0 bridgehead atoms. The first-order valence-corrected chi connectivity index (χ1v) is 9.93. The van der Waals surface area contributed by atoms with Gasteiger partial charge in [0.05, 0.1) is 17.8 Å². The van der Waals surface area contributed by atoms with E-state index in [4.69, 9.17) is 12.2 Å². The monoisotopic (exact) mass is 392 g/mol. The Kier molecular flexibility index (Phi) is 5.41. The number of aryl methyl sites for hydroxylation is 1. The average molecular weight is 393 g/mol. The van der Waals surface area contributed by atoms with Crippen molar-refractivity contribution in [2.24, 2.45) is 0 Å². The number of benzene rings is 1. The summed E-state index contributed by atoms with van der Waals surface area (Å²) in [6.45, 7) is 2.92. The summed E-state index contributed by atoms with van der Waals surface area (Å²) in [7, 11) is 0. The summed E-state index contributed by atoms with van der Waals surface area (Å²) in [5.74, 6) is 0. The van der Waals surface area contributed by atoms with Crippen LogP contribution in [0.15, 0.2) is 67.0 Å². The van der Waals surface area contributed by atoms with Crippen molar-refractivity contribution < 1.29 is 5.11 Å². The minimum Gasteiger partial charge on any atom is -0.396 e. The SMILES string of the molecule is Cc1ccc(-n2cccc2[C@H]2[C@H](c3ccccn3)NC(=S)N2CCCO)cc1. The molecular formula is C22H24N4OS. The highest BCUT2D eigenvalue weighted by Gasteiger charge is 2.40. The molecule has 0 spiro atoms. The molecule has 3 aromatic rings. The Morgan fingerprint density at radius 3 is 2.64 bits per heavy atom. The van der Waals surface area contributed by atoms with Crippen LogP contribution in [0.3, 0.4) is 0 Å². The van der Waals surface area contributed by atoms with Gasteiger partial charge >= 0.3 is 0 Å². The number of thiocarbonyl (C=S) groups is 1. The lowest BCUT2D eigenvalue weighted by atomic mass is 10.0. The maximum atomic E-state index is 9.36. The van der Waals surface area contributed by atoms with E-state index in [0.29, 0.717) is 18.1 Å². The van der Waals surface area contributed by atoms with Crippen molar-refractivity contribution >= 4 is 17.3 Å². The highest BCUT2D eigenvalue weighted by Crippen LogP contribution is 2.39. The Bertz CT molecular complexity index is 939. The van der Waals surface area contributed by atoms with Gasteiger partial charge in [-0.2, -0.15) is 0 Å². The predicted octanol–water partition coefficient (Wildman–Crippen LogP) is 3.54. The molecule has 0 amide bonds. The molecule has 5 nitrogen and oxygen atoms in total. The topological polar surface area (TPSA) is 53.3 Å². The van der Waals surface area contributed by atoms with Gasteiger partial charge in [-0.1, -0.05) is 23.8 Å². The van der Waals surface area contributed by atoms with Crippen LogP contribution in [0.25, 0.3) is 5.69 Å². The molecule has 0 saturated carbocycles. The standard InChI is InChI=1S/C22H24N4OS/c1-16-8-10-17(11-9-16)25-13-4-7-19(25)21-20(18-6-2-3-12-23-18)24-22(28)26(21)14-5-15-27/h2-4,6-13,20-21,27H,5,14-15H2,1H3,(H,24,28)/t20-,21-/m0/s1. The first kappa shape index (κ1) is 18.7. The highest BCUT2D eigenvalue weighted by molar-refractivity contribution is 7.80. The van der Waals surface area contributed by atoms with Crippen molar-refractivity contribution in [3.05, 3.63) is 83.9 Å². The molecule has 1 aliphatic rings. The summed E-state index contributed by atoms with van der Waals surface area (Å²) in [5, 5.41) is 13.5. The van der Waals surface area contributed by atoms with Crippen LogP contribution in [0.1, 0.15) is 35.5 Å². The number of aliphatic hydroxyl groups is 1. The molecule has 1 fully saturated rings. The van der Waals surface area contributed by atoms with Crippen molar-refractivity contribution in [2.75, 3.05) is 13.2 Å². The van der Waals surface area contributed by atoms with Crippen LogP contribution in [-0.4, -0.2) is 37.8 Å². The number of pyridine rings is 1. The molecule has 2 atom stereocenters. The number of hydrogen-bond donors (Lipinski definition) is 2. The Morgan fingerprint density at radius 2 is 1.93 bits per heavy atom. The Morgan fingerprint density at radius 1 is 1.11 bits per heavy atom. The van der Waals surface area contributed by atoms with Crippen molar-refractivity contribution in [2.45, 2.75) is 25.4 Å². The predicted molar refractivity (Wildman–Crippen MR) is 114 cm³/mol. The zero-order chi connectivity index (χ0) is 19.5. The number of aromatic nitrogens is 2. The van der Waals surface area contributed by atoms with Gasteiger partial charge in [-0.05, 0) is 62.0 Å². The van der Waals surface area contributed by atoms with Crippen molar-refractivity contribution in [3.63, 3.8) is 0 Å². The van der Waals surface area contributed by atoms with Gasteiger partial charge in [-0.25, -0.2) is 0 Å². The van der Waals surface area contributed by atoms with Crippen LogP contribution in [-0.2, 0) is 0 Å². The van der Waals surface area contributed by atoms with Crippen molar-refractivity contribution in [3.8, 4) is 5.69 Å². The fourth-order valence-corrected chi connectivity index (χ4v) is 4.12. The van der Waals surface area contributed by atoms with Crippen LogP contribution in [0, 0.1) is 6.92 Å². The van der Waals surface area contributed by atoms with Gasteiger partial charge in [0.25, 0.3) is 0 Å². The Labute approximate surface area is 170 Å². The lowest BCUT2D eigenvalue weighted by molar-refractivity contribution is 0.245. The molecule has 3 heterocycles. The summed E-state index contributed by atoms with van der Waals surface area (Å²) < 4.78 is 2.21. The maximum absolute atomic E-state index is 9.36. The van der Waals surface area contributed by atoms with Crippen LogP contribution in [0.5, 0.6) is 0 Å². The second kappa shape index (κ2) is 8.12. The van der Waals surface area contributed by atoms with E-state index in [1.165, 1.54) is 5.56 Å². The van der Waals surface area contributed by atoms with E-state index in [1.54, 1.807) is 0 Å². The van der Waals surface area contributed by atoms with E-state index in [2.05, 4.69) is 69.3 Å². The van der Waals surface area contributed by atoms with Gasteiger partial charge in [-0.3, -0.25) is 4.98 Å². The van der Waals surface area contributed by atoms with Crippen LogP contribution in [0.4, 0.5) is 0 Å². The quantitative estimate of drug-likeness (QED) is 0.629. The Balaban J connectivity index is 1.78.